The molecule has 0 aromatic heterocycles. The molecule has 7 rings (SSSR count). The van der Waals surface area contributed by atoms with Crippen LogP contribution in [0.5, 0.6) is 0 Å². The lowest BCUT2D eigenvalue weighted by Crippen LogP contribution is -2.43. The molecule has 0 aliphatic carbocycles. The van der Waals surface area contributed by atoms with Gasteiger partial charge in [-0.15, -0.1) is 0 Å². The van der Waals surface area contributed by atoms with Crippen molar-refractivity contribution in [2.75, 3.05) is 0 Å². The number of nitriles is 1. The minimum Gasteiger partial charge on any atom is -0.369 e. The van der Waals surface area contributed by atoms with Crippen molar-refractivity contribution in [3.8, 4) is 17.2 Å². The first-order valence-corrected chi connectivity index (χ1v) is 14.8. The summed E-state index contributed by atoms with van der Waals surface area (Å²) in [5.74, 6) is -0.919. The van der Waals surface area contributed by atoms with Crippen LogP contribution in [0.4, 0.5) is 4.39 Å². The molecule has 7 nitrogen and oxygen atoms in total. The molecule has 2 aliphatic rings. The number of amides is 2. The van der Waals surface area contributed by atoms with Crippen LogP contribution >= 0.6 is 0 Å². The highest BCUT2D eigenvalue weighted by atomic mass is 19.1. The van der Waals surface area contributed by atoms with Crippen molar-refractivity contribution in [2.45, 2.75) is 25.2 Å². The van der Waals surface area contributed by atoms with Gasteiger partial charge in [-0.3, -0.25) is 14.5 Å². The molecular weight excluding hydrogens is 577 g/mol. The highest BCUT2D eigenvalue weighted by molar-refractivity contribution is 6.09. The van der Waals surface area contributed by atoms with Crippen LogP contribution < -0.4 is 5.73 Å². The number of hydrogen-bond acceptors (Lipinski definition) is 5. The highest BCUT2D eigenvalue weighted by Crippen LogP contribution is 2.41. The van der Waals surface area contributed by atoms with Crippen LogP contribution in [-0.2, 0) is 30.0 Å². The lowest BCUT2D eigenvalue weighted by molar-refractivity contribution is -0.130. The molecule has 2 amide bonds. The number of fused-ring (bicyclic) bond motifs is 1. The van der Waals surface area contributed by atoms with Gasteiger partial charge in [-0.1, -0.05) is 78.9 Å². The maximum Gasteiger partial charge on any atom is 0.266 e. The Labute approximate surface area is 265 Å². The van der Waals surface area contributed by atoms with Crippen molar-refractivity contribution in [1.82, 2.24) is 9.80 Å². The summed E-state index contributed by atoms with van der Waals surface area (Å²) in [4.78, 5) is 36.0. The van der Waals surface area contributed by atoms with Crippen LogP contribution in [0.1, 0.15) is 43.7 Å². The van der Waals surface area contributed by atoms with Gasteiger partial charge in [0.25, 0.3) is 11.8 Å². The predicted octanol–water partition coefficient (Wildman–Crippen LogP) is 6.12. The van der Waals surface area contributed by atoms with E-state index in [2.05, 4.69) is 6.07 Å². The van der Waals surface area contributed by atoms with Crippen molar-refractivity contribution >= 4 is 17.8 Å². The summed E-state index contributed by atoms with van der Waals surface area (Å²) in [6.07, 6.45) is 0. The molecule has 0 spiro atoms. The van der Waals surface area contributed by atoms with Gasteiger partial charge in [-0.2, -0.15) is 5.26 Å². The molecule has 0 saturated heterocycles. The summed E-state index contributed by atoms with van der Waals surface area (Å²) < 4.78 is 14.1. The molecule has 224 valence electrons. The molecule has 5 aromatic carbocycles. The third-order valence-electron chi connectivity index (χ3n) is 8.62. The molecular formula is C38H28FN5O2. The van der Waals surface area contributed by atoms with E-state index in [9.17, 15) is 19.2 Å². The average molecular weight is 606 g/mol. The molecule has 1 atom stereocenters. The number of halogens is 1. The van der Waals surface area contributed by atoms with E-state index in [1.165, 1.54) is 17.0 Å². The molecule has 2 aliphatic heterocycles. The Morgan fingerprint density at radius 3 is 2.22 bits per heavy atom. The third-order valence-corrected chi connectivity index (χ3v) is 8.62. The number of benzene rings is 5. The van der Waals surface area contributed by atoms with E-state index in [0.717, 1.165) is 22.3 Å². The van der Waals surface area contributed by atoms with E-state index in [-0.39, 0.29) is 18.4 Å². The Bertz CT molecular complexity index is 2060. The maximum atomic E-state index is 14.5. The molecule has 0 fully saturated rings. The summed E-state index contributed by atoms with van der Waals surface area (Å²) in [6, 6.07) is 37.6. The highest BCUT2D eigenvalue weighted by Gasteiger charge is 2.50. The van der Waals surface area contributed by atoms with E-state index in [1.54, 1.807) is 59.5 Å². The van der Waals surface area contributed by atoms with Crippen molar-refractivity contribution in [2.24, 2.45) is 10.7 Å². The van der Waals surface area contributed by atoms with Gasteiger partial charge in [0.15, 0.2) is 11.5 Å². The van der Waals surface area contributed by atoms with Crippen molar-refractivity contribution in [3.05, 3.63) is 166 Å². The van der Waals surface area contributed by atoms with Gasteiger partial charge in [0, 0.05) is 18.7 Å². The summed E-state index contributed by atoms with van der Waals surface area (Å²) in [6.45, 7) is 1.18. The van der Waals surface area contributed by atoms with Gasteiger partial charge in [0.1, 0.15) is 5.82 Å². The second kappa shape index (κ2) is 11.5. The smallest absolute Gasteiger partial charge is 0.266 e. The van der Waals surface area contributed by atoms with Gasteiger partial charge in [-0.05, 0) is 81.4 Å². The van der Waals surface area contributed by atoms with E-state index < -0.39 is 17.3 Å². The average Bonchev–Trinajstić information content (AvgIpc) is 3.64. The zero-order chi connectivity index (χ0) is 31.8. The lowest BCUT2D eigenvalue weighted by atomic mass is 9.81. The molecule has 0 bridgehead atoms. The van der Waals surface area contributed by atoms with Gasteiger partial charge >= 0.3 is 0 Å². The number of hydrogen-bond donors (Lipinski definition) is 1. The largest absolute Gasteiger partial charge is 0.369 e. The molecule has 0 radical (unpaired) electrons. The van der Waals surface area contributed by atoms with E-state index >= 15 is 0 Å². The third kappa shape index (κ3) is 4.98. The minimum absolute atomic E-state index is 0.0120. The molecule has 0 saturated carbocycles. The standard InChI is InChI=1S/C38H28FN5O2/c39-34-16-14-32(15-17-34)38(33-13-5-11-28(20-33)27-10-3-6-25(18-27)21-40)36(46)44(37(41)42-38)22-26-7-4-12-29(19-26)35(45)43-23-30-8-1-2-9-31(30)24-43/h1-20H,22-24H2,(H2,41,42). The van der Waals surface area contributed by atoms with E-state index in [4.69, 9.17) is 10.7 Å². The maximum absolute atomic E-state index is 14.5. The zero-order valence-electron chi connectivity index (χ0n) is 24.7. The number of carbonyl (C=O) groups is 2. The van der Waals surface area contributed by atoms with E-state index in [1.807, 2.05) is 54.6 Å². The number of guanidine groups is 1. The monoisotopic (exact) mass is 605 g/mol. The summed E-state index contributed by atoms with van der Waals surface area (Å²) >= 11 is 0. The Balaban J connectivity index is 1.22. The van der Waals surface area contributed by atoms with Crippen LogP contribution in [0.2, 0.25) is 0 Å². The number of carbonyl (C=O) groups excluding carboxylic acids is 2. The van der Waals surface area contributed by atoms with Gasteiger partial charge < -0.3 is 10.6 Å². The van der Waals surface area contributed by atoms with Crippen LogP contribution in [0.3, 0.4) is 0 Å². The Kier molecular flexibility index (Phi) is 7.14. The summed E-state index contributed by atoms with van der Waals surface area (Å²) in [7, 11) is 0. The van der Waals surface area contributed by atoms with Gasteiger partial charge in [0.05, 0.1) is 18.2 Å². The first kappa shape index (κ1) is 28.7. The topological polar surface area (TPSA) is 103 Å². The molecule has 8 heteroatoms. The molecule has 46 heavy (non-hydrogen) atoms. The molecule has 1 unspecified atom stereocenters. The summed E-state index contributed by atoms with van der Waals surface area (Å²) in [5.41, 5.74) is 11.5. The van der Waals surface area contributed by atoms with Gasteiger partial charge in [-0.25, -0.2) is 9.38 Å². The SMILES string of the molecule is N#Cc1cccc(-c2cccc(C3(c4ccc(F)cc4)N=C(N)N(Cc4cccc(C(=O)N5Cc6ccccc6C5)c4)C3=O)c2)c1. The first-order chi connectivity index (χ1) is 22.4. The van der Waals surface area contributed by atoms with Crippen molar-refractivity contribution in [1.29, 1.82) is 5.26 Å². The lowest BCUT2D eigenvalue weighted by Gasteiger charge is -2.28. The van der Waals surface area contributed by atoms with Crippen LogP contribution in [0, 0.1) is 17.1 Å². The minimum atomic E-state index is -1.57. The fraction of sp³-hybridized carbons (Fsp3) is 0.105. The van der Waals surface area contributed by atoms with Crippen LogP contribution in [0.15, 0.2) is 126 Å². The Morgan fingerprint density at radius 2 is 1.50 bits per heavy atom. The molecule has 2 heterocycles. The summed E-state index contributed by atoms with van der Waals surface area (Å²) in [5, 5.41) is 9.42. The zero-order valence-corrected chi connectivity index (χ0v) is 24.7. The predicted molar refractivity (Wildman–Crippen MR) is 172 cm³/mol. The molecule has 2 N–H and O–H groups in total. The second-order valence-electron chi connectivity index (χ2n) is 11.5. The fourth-order valence-corrected chi connectivity index (χ4v) is 6.30. The van der Waals surface area contributed by atoms with Crippen LogP contribution in [-0.4, -0.2) is 27.6 Å². The van der Waals surface area contributed by atoms with Crippen LogP contribution in [0.25, 0.3) is 11.1 Å². The van der Waals surface area contributed by atoms with Crippen molar-refractivity contribution in [3.63, 3.8) is 0 Å². The number of aliphatic imine (C=N–C) groups is 1. The fourth-order valence-electron chi connectivity index (χ4n) is 6.30. The first-order valence-electron chi connectivity index (χ1n) is 14.8. The van der Waals surface area contributed by atoms with E-state index in [0.29, 0.717) is 40.9 Å². The molecule has 5 aromatic rings. The number of nitrogens with zero attached hydrogens (tertiary/aromatic N) is 4. The Hall–Kier alpha value is -6.07. The normalized spacial score (nSPS) is 17.0. The Morgan fingerprint density at radius 1 is 0.826 bits per heavy atom. The van der Waals surface area contributed by atoms with Crippen molar-refractivity contribution < 1.29 is 14.0 Å². The van der Waals surface area contributed by atoms with Gasteiger partial charge in [0.2, 0.25) is 0 Å². The number of rotatable bonds is 6. The second-order valence-corrected chi connectivity index (χ2v) is 11.5. The number of nitrogens with two attached hydrogens (primary N) is 1. The quantitative estimate of drug-likeness (QED) is 0.252.